The maximum absolute atomic E-state index is 13.1. The third-order valence-electron chi connectivity index (χ3n) is 8.91. The molecule has 0 amide bonds. The Morgan fingerprint density at radius 3 is 2.26 bits per heavy atom. The summed E-state index contributed by atoms with van der Waals surface area (Å²) in [4.78, 5) is 38.7. The van der Waals surface area contributed by atoms with E-state index in [0.29, 0.717) is 0 Å². The molecule has 2 aliphatic carbocycles. The average Bonchev–Trinajstić information content (AvgIpc) is 3.45. The predicted octanol–water partition coefficient (Wildman–Crippen LogP) is 3.05. The zero-order chi connectivity index (χ0) is 28.4. The zero-order valence-electron chi connectivity index (χ0n) is 22.6. The molecular formula is C29H34O10. The van der Waals surface area contributed by atoms with Crippen molar-refractivity contribution < 1.29 is 48.0 Å². The topological polar surface area (TPSA) is 142 Å². The predicted molar refractivity (Wildman–Crippen MR) is 134 cm³/mol. The summed E-state index contributed by atoms with van der Waals surface area (Å²) in [6.45, 7) is 7.94. The highest BCUT2D eigenvalue weighted by Crippen LogP contribution is 2.68. The van der Waals surface area contributed by atoms with Crippen molar-refractivity contribution in [2.24, 2.45) is 11.3 Å². The van der Waals surface area contributed by atoms with Gasteiger partial charge in [0.15, 0.2) is 6.10 Å². The van der Waals surface area contributed by atoms with E-state index in [1.807, 2.05) is 0 Å². The fourth-order valence-electron chi connectivity index (χ4n) is 7.22. The molecule has 2 N–H and O–H groups in total. The first-order chi connectivity index (χ1) is 18.2. The minimum Gasteiger partial charge on any atom is -0.458 e. The number of hydrogen-bond acceptors (Lipinski definition) is 10. The molecule has 3 fully saturated rings. The molecule has 1 spiro atoms. The van der Waals surface area contributed by atoms with Gasteiger partial charge >= 0.3 is 17.9 Å². The lowest BCUT2D eigenvalue weighted by Crippen LogP contribution is -2.81. The van der Waals surface area contributed by atoms with Gasteiger partial charge in [-0.15, -0.1) is 0 Å². The fraction of sp³-hybridized carbons (Fsp3) is 0.552. The summed E-state index contributed by atoms with van der Waals surface area (Å²) < 4.78 is 29.6. The summed E-state index contributed by atoms with van der Waals surface area (Å²) in [5.74, 6) is -2.69. The van der Waals surface area contributed by atoms with Crippen LogP contribution in [0.15, 0.2) is 53.1 Å². The van der Waals surface area contributed by atoms with Gasteiger partial charge in [-0.25, -0.2) is 9.59 Å². The number of aliphatic hydroxyl groups excluding tert-OH is 1. The van der Waals surface area contributed by atoms with Crippen LogP contribution < -0.4 is 0 Å². The maximum atomic E-state index is 13.1. The van der Waals surface area contributed by atoms with Crippen molar-refractivity contribution in [2.75, 3.05) is 0 Å². The Bertz CT molecular complexity index is 1250. The third kappa shape index (κ3) is 3.99. The standard InChI is InChI=1S/C29H34O10/c1-16(30)36-23-20(37-24(32)17-10-7-6-8-11-17)15-27(4,34)29-22(31)18(26(2,3)39-29)14-21(28(23,29)5)38-25(33)19-12-9-13-35-19/h6-13,18,20-23,31,34H,14-15H2,1-5H3/t18-,20+,21+,22-,23+,27+,28-,29+/m1/s1. The van der Waals surface area contributed by atoms with Crippen molar-refractivity contribution in [1.82, 2.24) is 0 Å². The summed E-state index contributed by atoms with van der Waals surface area (Å²) >= 11 is 0. The van der Waals surface area contributed by atoms with Crippen molar-refractivity contribution in [3.63, 3.8) is 0 Å². The Morgan fingerprint density at radius 2 is 1.64 bits per heavy atom. The molecule has 3 aliphatic rings. The van der Waals surface area contributed by atoms with E-state index in [2.05, 4.69) is 0 Å². The van der Waals surface area contributed by atoms with Gasteiger partial charge in [0.25, 0.3) is 0 Å². The Balaban J connectivity index is 1.64. The van der Waals surface area contributed by atoms with Gasteiger partial charge in [0, 0.05) is 19.3 Å². The second-order valence-corrected chi connectivity index (χ2v) is 11.7. The molecule has 10 nitrogen and oxygen atoms in total. The molecular weight excluding hydrogens is 508 g/mol. The first kappa shape index (κ1) is 27.4. The highest BCUT2D eigenvalue weighted by atomic mass is 16.6. The van der Waals surface area contributed by atoms with Gasteiger partial charge < -0.3 is 33.6 Å². The molecule has 1 aromatic heterocycles. The molecule has 1 aliphatic heterocycles. The summed E-state index contributed by atoms with van der Waals surface area (Å²) in [7, 11) is 0. The van der Waals surface area contributed by atoms with Crippen molar-refractivity contribution in [3.8, 4) is 0 Å². The van der Waals surface area contributed by atoms with Crippen molar-refractivity contribution in [2.45, 2.75) is 88.7 Å². The van der Waals surface area contributed by atoms with Gasteiger partial charge in [0.2, 0.25) is 5.76 Å². The number of rotatable bonds is 5. The van der Waals surface area contributed by atoms with Crippen molar-refractivity contribution >= 4 is 17.9 Å². The fourth-order valence-corrected chi connectivity index (χ4v) is 7.22. The Labute approximate surface area is 226 Å². The van der Waals surface area contributed by atoms with E-state index >= 15 is 0 Å². The molecule has 5 rings (SSSR count). The van der Waals surface area contributed by atoms with Crippen LogP contribution in [-0.2, 0) is 23.7 Å². The van der Waals surface area contributed by atoms with E-state index in [0.717, 1.165) is 0 Å². The van der Waals surface area contributed by atoms with Crippen LogP contribution in [0.25, 0.3) is 0 Å². The lowest BCUT2D eigenvalue weighted by Gasteiger charge is -2.65. The molecule has 2 bridgehead atoms. The average molecular weight is 543 g/mol. The Kier molecular flexibility index (Phi) is 6.44. The van der Waals surface area contributed by atoms with Crippen molar-refractivity contribution in [3.05, 3.63) is 60.1 Å². The smallest absolute Gasteiger partial charge is 0.374 e. The highest BCUT2D eigenvalue weighted by molar-refractivity contribution is 5.89. The summed E-state index contributed by atoms with van der Waals surface area (Å²) in [6.07, 6.45) is -3.39. The van der Waals surface area contributed by atoms with Crippen LogP contribution in [0.4, 0.5) is 0 Å². The van der Waals surface area contributed by atoms with Crippen LogP contribution in [0, 0.1) is 11.3 Å². The second-order valence-electron chi connectivity index (χ2n) is 11.7. The lowest BCUT2D eigenvalue weighted by atomic mass is 9.47. The van der Waals surface area contributed by atoms with Gasteiger partial charge in [0.1, 0.15) is 17.8 Å². The Hall–Kier alpha value is -3.21. The number of aliphatic hydroxyl groups is 2. The normalized spacial score (nSPS) is 38.4. The first-order valence-electron chi connectivity index (χ1n) is 13.0. The third-order valence-corrected chi connectivity index (χ3v) is 8.91. The summed E-state index contributed by atoms with van der Waals surface area (Å²) in [6, 6.07) is 11.3. The van der Waals surface area contributed by atoms with Crippen LogP contribution >= 0.6 is 0 Å². The molecule has 10 heteroatoms. The van der Waals surface area contributed by atoms with E-state index in [1.165, 1.54) is 26.2 Å². The molecule has 0 radical (unpaired) electrons. The van der Waals surface area contributed by atoms with Crippen LogP contribution in [0.2, 0.25) is 0 Å². The number of furan rings is 1. The summed E-state index contributed by atoms with van der Waals surface area (Å²) in [5.41, 5.74) is -5.79. The van der Waals surface area contributed by atoms with Gasteiger partial charge in [-0.05, 0) is 58.4 Å². The van der Waals surface area contributed by atoms with Gasteiger partial charge in [-0.1, -0.05) is 18.2 Å². The number of fused-ring (bicyclic) bond motifs is 1. The molecule has 1 aromatic carbocycles. The molecule has 39 heavy (non-hydrogen) atoms. The van der Waals surface area contributed by atoms with Gasteiger partial charge in [-0.3, -0.25) is 4.79 Å². The number of hydrogen-bond donors (Lipinski definition) is 2. The Morgan fingerprint density at radius 1 is 0.949 bits per heavy atom. The second kappa shape index (κ2) is 9.18. The molecule has 2 heterocycles. The van der Waals surface area contributed by atoms with E-state index in [1.54, 1.807) is 57.2 Å². The molecule has 210 valence electrons. The molecule has 0 unspecified atom stereocenters. The first-order valence-corrected chi connectivity index (χ1v) is 13.0. The molecule has 8 atom stereocenters. The summed E-state index contributed by atoms with van der Waals surface area (Å²) in [5, 5.41) is 23.9. The van der Waals surface area contributed by atoms with E-state index in [9.17, 15) is 24.6 Å². The molecule has 2 aromatic rings. The quantitative estimate of drug-likeness (QED) is 0.428. The monoisotopic (exact) mass is 542 g/mol. The number of esters is 3. The minimum absolute atomic E-state index is 0.0371. The molecule has 1 saturated heterocycles. The van der Waals surface area contributed by atoms with Crippen molar-refractivity contribution in [1.29, 1.82) is 0 Å². The van der Waals surface area contributed by atoms with E-state index in [4.69, 9.17) is 23.4 Å². The lowest BCUT2D eigenvalue weighted by molar-refractivity contribution is -0.342. The van der Waals surface area contributed by atoms with Crippen LogP contribution in [-0.4, -0.2) is 69.3 Å². The van der Waals surface area contributed by atoms with Crippen LogP contribution in [0.1, 0.15) is 68.4 Å². The van der Waals surface area contributed by atoms with Crippen LogP contribution in [0.3, 0.4) is 0 Å². The number of carbonyl (C=O) groups excluding carboxylic acids is 3. The largest absolute Gasteiger partial charge is 0.458 e. The van der Waals surface area contributed by atoms with Gasteiger partial charge in [-0.2, -0.15) is 0 Å². The zero-order valence-corrected chi connectivity index (χ0v) is 22.6. The number of carbonyl (C=O) groups is 3. The van der Waals surface area contributed by atoms with E-state index in [-0.39, 0.29) is 24.2 Å². The SMILES string of the molecule is CC(=O)O[C@H]1[C@@H](OC(=O)c2ccccc2)C[C@](C)(O)[C@]23OC(C)(C)[C@H](C[C@H](OC(=O)c4ccco4)[C@]12C)[C@H]3O. The highest BCUT2D eigenvalue weighted by Gasteiger charge is 2.83. The molecule has 2 saturated carbocycles. The van der Waals surface area contributed by atoms with E-state index < -0.39 is 70.5 Å². The number of ether oxygens (including phenoxy) is 4. The van der Waals surface area contributed by atoms with Gasteiger partial charge in [0.05, 0.1) is 34.5 Å². The minimum atomic E-state index is -1.80. The maximum Gasteiger partial charge on any atom is 0.374 e. The van der Waals surface area contributed by atoms with Crippen LogP contribution in [0.5, 0.6) is 0 Å². The number of benzene rings is 1.